The lowest BCUT2D eigenvalue weighted by Crippen LogP contribution is -2.34. The maximum Gasteiger partial charge on any atom is 0.105 e. The Morgan fingerprint density at radius 3 is 2.70 bits per heavy atom. The molecule has 1 aliphatic heterocycles. The molecule has 0 radical (unpaired) electrons. The number of aryl methyl sites for hydroxylation is 1. The van der Waals surface area contributed by atoms with Crippen molar-refractivity contribution in [3.8, 4) is 0 Å². The number of rotatable bonds is 4. The summed E-state index contributed by atoms with van der Waals surface area (Å²) in [6.45, 7) is 6.82. The molecule has 1 aliphatic carbocycles. The summed E-state index contributed by atoms with van der Waals surface area (Å²) in [5.74, 6) is 0. The number of hydrogen-bond acceptors (Lipinski definition) is 3. The zero-order valence-electron chi connectivity index (χ0n) is 16.2. The van der Waals surface area contributed by atoms with E-state index in [9.17, 15) is 5.11 Å². The van der Waals surface area contributed by atoms with E-state index in [1.165, 1.54) is 40.6 Å². The van der Waals surface area contributed by atoms with E-state index in [4.69, 9.17) is 0 Å². The first-order valence-electron chi connectivity index (χ1n) is 10.0. The Morgan fingerprint density at radius 2 is 1.96 bits per heavy atom. The first kappa shape index (κ1) is 17.0. The van der Waals surface area contributed by atoms with Crippen LogP contribution in [0.4, 0.5) is 0 Å². The SMILES string of the molecule is Cc1ccc2c(c1)c1c(n2CC(C)(O)c2ccncc2)CCN(C2CC2)C1. The molecular weight excluding hydrogens is 334 g/mol. The third-order valence-corrected chi connectivity index (χ3v) is 6.27. The van der Waals surface area contributed by atoms with Gasteiger partial charge in [0.2, 0.25) is 0 Å². The molecule has 1 aromatic carbocycles. The average Bonchev–Trinajstić information content (AvgIpc) is 3.48. The predicted molar refractivity (Wildman–Crippen MR) is 108 cm³/mol. The quantitative estimate of drug-likeness (QED) is 0.769. The molecular formula is C23H27N3O. The topological polar surface area (TPSA) is 41.3 Å². The largest absolute Gasteiger partial charge is 0.384 e. The van der Waals surface area contributed by atoms with E-state index in [1.807, 2.05) is 19.1 Å². The summed E-state index contributed by atoms with van der Waals surface area (Å²) in [4.78, 5) is 6.74. The van der Waals surface area contributed by atoms with Gasteiger partial charge in [0.1, 0.15) is 5.60 Å². The summed E-state index contributed by atoms with van der Waals surface area (Å²) in [6, 6.07) is 11.4. The van der Waals surface area contributed by atoms with Crippen LogP contribution in [0.1, 0.15) is 42.1 Å². The molecule has 1 fully saturated rings. The van der Waals surface area contributed by atoms with Crippen molar-refractivity contribution in [3.63, 3.8) is 0 Å². The predicted octanol–water partition coefficient (Wildman–Crippen LogP) is 3.77. The Bertz CT molecular complexity index is 986. The van der Waals surface area contributed by atoms with E-state index < -0.39 is 5.60 Å². The minimum atomic E-state index is -0.929. The number of fused-ring (bicyclic) bond motifs is 3. The molecule has 4 heteroatoms. The number of pyridine rings is 1. The van der Waals surface area contributed by atoms with Crippen molar-refractivity contribution in [2.45, 2.75) is 57.8 Å². The van der Waals surface area contributed by atoms with E-state index in [-0.39, 0.29) is 0 Å². The number of aromatic nitrogens is 2. The van der Waals surface area contributed by atoms with Crippen LogP contribution in [-0.4, -0.2) is 32.1 Å². The van der Waals surface area contributed by atoms with Crippen molar-refractivity contribution >= 4 is 10.9 Å². The van der Waals surface area contributed by atoms with Crippen molar-refractivity contribution in [3.05, 3.63) is 65.1 Å². The second kappa shape index (κ2) is 6.18. The van der Waals surface area contributed by atoms with E-state index in [0.717, 1.165) is 31.1 Å². The Labute approximate surface area is 160 Å². The maximum absolute atomic E-state index is 11.3. The molecule has 0 saturated heterocycles. The van der Waals surface area contributed by atoms with Gasteiger partial charge in [0.15, 0.2) is 0 Å². The van der Waals surface area contributed by atoms with Gasteiger partial charge in [0.25, 0.3) is 0 Å². The van der Waals surface area contributed by atoms with Crippen molar-refractivity contribution in [1.29, 1.82) is 0 Å². The van der Waals surface area contributed by atoms with Gasteiger partial charge in [0, 0.05) is 54.5 Å². The van der Waals surface area contributed by atoms with E-state index in [0.29, 0.717) is 6.54 Å². The van der Waals surface area contributed by atoms with Crippen molar-refractivity contribution in [2.75, 3.05) is 6.54 Å². The molecule has 1 saturated carbocycles. The van der Waals surface area contributed by atoms with Gasteiger partial charge in [-0.25, -0.2) is 0 Å². The summed E-state index contributed by atoms with van der Waals surface area (Å²) >= 11 is 0. The molecule has 2 aromatic heterocycles. The van der Waals surface area contributed by atoms with Crippen LogP contribution < -0.4 is 0 Å². The lowest BCUT2D eigenvalue weighted by Gasteiger charge is -2.30. The second-order valence-electron chi connectivity index (χ2n) is 8.49. The molecule has 1 atom stereocenters. The fourth-order valence-corrected chi connectivity index (χ4v) is 4.63. The third kappa shape index (κ3) is 2.97. The van der Waals surface area contributed by atoms with E-state index in [2.05, 4.69) is 39.6 Å². The molecule has 2 aliphatic rings. The molecule has 5 rings (SSSR count). The van der Waals surface area contributed by atoms with E-state index >= 15 is 0 Å². The highest BCUT2D eigenvalue weighted by atomic mass is 16.3. The first-order chi connectivity index (χ1) is 13.0. The Morgan fingerprint density at radius 1 is 1.19 bits per heavy atom. The van der Waals surface area contributed by atoms with Crippen molar-refractivity contribution in [2.24, 2.45) is 0 Å². The summed E-state index contributed by atoms with van der Waals surface area (Å²) in [6.07, 6.45) is 7.27. The molecule has 0 spiro atoms. The number of aliphatic hydroxyl groups is 1. The van der Waals surface area contributed by atoms with Gasteiger partial charge in [-0.15, -0.1) is 0 Å². The zero-order valence-corrected chi connectivity index (χ0v) is 16.2. The molecule has 4 nitrogen and oxygen atoms in total. The van der Waals surface area contributed by atoms with Crippen LogP contribution in [0.15, 0.2) is 42.7 Å². The highest BCUT2D eigenvalue weighted by Gasteiger charge is 2.34. The molecule has 27 heavy (non-hydrogen) atoms. The fourth-order valence-electron chi connectivity index (χ4n) is 4.63. The van der Waals surface area contributed by atoms with Gasteiger partial charge >= 0.3 is 0 Å². The Kier molecular flexibility index (Phi) is 3.88. The zero-order chi connectivity index (χ0) is 18.6. The summed E-state index contributed by atoms with van der Waals surface area (Å²) < 4.78 is 2.37. The summed E-state index contributed by atoms with van der Waals surface area (Å²) in [5, 5.41) is 12.6. The molecule has 0 bridgehead atoms. The minimum absolute atomic E-state index is 0.565. The molecule has 0 amide bonds. The number of benzene rings is 1. The molecule has 1 unspecified atom stereocenters. The number of hydrogen-bond donors (Lipinski definition) is 1. The van der Waals surface area contributed by atoms with Crippen molar-refractivity contribution in [1.82, 2.24) is 14.5 Å². The molecule has 140 valence electrons. The van der Waals surface area contributed by atoms with Crippen molar-refractivity contribution < 1.29 is 5.11 Å². The molecule has 1 N–H and O–H groups in total. The smallest absolute Gasteiger partial charge is 0.105 e. The fraction of sp³-hybridized carbons (Fsp3) is 0.435. The van der Waals surface area contributed by atoms with Gasteiger partial charge in [-0.3, -0.25) is 9.88 Å². The molecule has 3 heterocycles. The summed E-state index contributed by atoms with van der Waals surface area (Å²) in [7, 11) is 0. The van der Waals surface area contributed by atoms with Crippen LogP contribution >= 0.6 is 0 Å². The van der Waals surface area contributed by atoms with Gasteiger partial charge < -0.3 is 9.67 Å². The third-order valence-electron chi connectivity index (χ3n) is 6.27. The molecule has 3 aromatic rings. The van der Waals surface area contributed by atoms with Gasteiger partial charge in [-0.05, 0) is 62.1 Å². The van der Waals surface area contributed by atoms with Crippen LogP contribution in [0.3, 0.4) is 0 Å². The summed E-state index contributed by atoms with van der Waals surface area (Å²) in [5.41, 5.74) is 5.40. The standard InChI is InChI=1S/C23H27N3O/c1-16-3-6-21-19(13-16)20-14-25(18-4-5-18)12-9-22(20)26(21)15-23(2,27)17-7-10-24-11-8-17/h3,6-8,10-11,13,18,27H,4-5,9,12,14-15H2,1-2H3. The monoisotopic (exact) mass is 361 g/mol. The van der Waals surface area contributed by atoms with E-state index in [1.54, 1.807) is 12.4 Å². The highest BCUT2D eigenvalue weighted by Crippen LogP contribution is 2.37. The minimum Gasteiger partial charge on any atom is -0.384 e. The number of nitrogens with zero attached hydrogens (tertiary/aromatic N) is 3. The first-order valence-corrected chi connectivity index (χ1v) is 10.0. The van der Waals surface area contributed by atoms with Gasteiger partial charge in [-0.1, -0.05) is 11.6 Å². The Balaban J connectivity index is 1.60. The van der Waals surface area contributed by atoms with Gasteiger partial charge in [-0.2, -0.15) is 0 Å². The average molecular weight is 361 g/mol. The maximum atomic E-state index is 11.3. The lowest BCUT2D eigenvalue weighted by molar-refractivity contribution is 0.0383. The van der Waals surface area contributed by atoms with Crippen LogP contribution in [-0.2, 0) is 25.1 Å². The lowest BCUT2D eigenvalue weighted by atomic mass is 9.96. The second-order valence-corrected chi connectivity index (χ2v) is 8.49. The highest BCUT2D eigenvalue weighted by molar-refractivity contribution is 5.86. The van der Waals surface area contributed by atoms with Crippen LogP contribution in [0.25, 0.3) is 10.9 Å². The van der Waals surface area contributed by atoms with Crippen LogP contribution in [0.2, 0.25) is 0 Å². The van der Waals surface area contributed by atoms with Crippen LogP contribution in [0, 0.1) is 6.92 Å². The Hall–Kier alpha value is -2.17. The van der Waals surface area contributed by atoms with Gasteiger partial charge in [0.05, 0.1) is 6.54 Å². The van der Waals surface area contributed by atoms with Crippen LogP contribution in [0.5, 0.6) is 0 Å². The normalized spacial score (nSPS) is 19.8.